The van der Waals surface area contributed by atoms with Crippen molar-refractivity contribution < 1.29 is 41.8 Å². The van der Waals surface area contributed by atoms with Crippen molar-refractivity contribution in [3.63, 3.8) is 0 Å². The number of aliphatic carboxylic acids is 2. The maximum atomic E-state index is 12.7. The maximum absolute atomic E-state index is 12.7. The Labute approximate surface area is 190 Å². The van der Waals surface area contributed by atoms with E-state index in [1.54, 1.807) is 0 Å². The molecule has 2 rings (SSSR count). The minimum absolute atomic E-state index is 0.0373. The van der Waals surface area contributed by atoms with Gasteiger partial charge in [0.15, 0.2) is 0 Å². The number of nitrogens with one attached hydrogen (secondary N) is 1. The first-order valence-electron chi connectivity index (χ1n) is 16.7. The van der Waals surface area contributed by atoms with Crippen LogP contribution in [-0.4, -0.2) is 43.8 Å². The Balaban J connectivity index is 2.66. The van der Waals surface area contributed by atoms with E-state index in [0.29, 0.717) is 0 Å². The molecule has 1 heterocycles. The molecule has 0 radical (unpaired) electrons. The van der Waals surface area contributed by atoms with Crippen molar-refractivity contribution in [3.05, 3.63) is 53.1 Å². The summed E-state index contributed by atoms with van der Waals surface area (Å²) in [6, 6.07) is -1.87. The van der Waals surface area contributed by atoms with Crippen LogP contribution in [0.3, 0.4) is 0 Å². The second-order valence-electron chi connectivity index (χ2n) is 5.86. The molecule has 1 aromatic heterocycles. The smallest absolute Gasteiger partial charge is 0.321 e. The molecule has 0 aliphatic heterocycles. The molecule has 0 amide bonds. The van der Waals surface area contributed by atoms with Gasteiger partial charge in [-0.3, -0.25) is 14.9 Å². The van der Waals surface area contributed by atoms with Crippen LogP contribution >= 0.6 is 0 Å². The minimum Gasteiger partial charge on any atom is -0.480 e. The monoisotopic (exact) mass is 405 g/mol. The van der Waals surface area contributed by atoms with Gasteiger partial charge in [0.05, 0.1) is 6.33 Å². The number of aromatic nitrogens is 2. The van der Waals surface area contributed by atoms with Crippen LogP contribution in [0.15, 0.2) is 30.7 Å². The third-order valence-electron chi connectivity index (χ3n) is 3.65. The van der Waals surface area contributed by atoms with Crippen LogP contribution in [0.4, 0.5) is 0 Å². The van der Waals surface area contributed by atoms with E-state index in [1.165, 1.54) is 16.7 Å². The molecule has 1 aromatic carbocycles. The summed E-state index contributed by atoms with van der Waals surface area (Å²) in [7, 11) is 0. The van der Waals surface area contributed by atoms with Crippen LogP contribution in [0.2, 0.25) is 1.41 Å². The highest BCUT2D eigenvalue weighted by Crippen LogP contribution is 2.14. The number of imidazole rings is 1. The molecule has 2 aromatic rings. The van der Waals surface area contributed by atoms with Gasteiger partial charge in [-0.15, -0.1) is 0 Å². The van der Waals surface area contributed by atoms with Gasteiger partial charge in [-0.25, -0.2) is 4.98 Å². The summed E-state index contributed by atoms with van der Waals surface area (Å²) in [5.41, 5.74) is -0.494. The number of carbonyl (C=O) groups is 2. The lowest BCUT2D eigenvalue weighted by Crippen LogP contribution is -2.49. The van der Waals surface area contributed by atoms with Crippen LogP contribution < -0.4 is 5.31 Å². The maximum Gasteiger partial charge on any atom is 0.321 e. The van der Waals surface area contributed by atoms with Crippen LogP contribution in [0.25, 0.3) is 2.86 Å². The molecule has 1 unspecified atom stereocenters. The van der Waals surface area contributed by atoms with E-state index >= 15 is 0 Å². The minimum atomic E-state index is -4.13. The molecule has 28 heavy (non-hydrogen) atoms. The molecule has 3 N–H and O–H groups in total. The summed E-state index contributed by atoms with van der Waals surface area (Å²) in [4.78, 5) is 29.3. The fraction of sp³-hybridized carbons (Fsp3) is 0.476. The zero-order valence-corrected chi connectivity index (χ0v) is 14.4. The predicted molar refractivity (Wildman–Crippen MR) is 106 cm³/mol. The quantitative estimate of drug-likeness (QED) is 0.561. The summed E-state index contributed by atoms with van der Waals surface area (Å²) < 4.78 is 141. The van der Waals surface area contributed by atoms with Crippen molar-refractivity contribution in [1.29, 1.82) is 2.86 Å². The van der Waals surface area contributed by atoms with Crippen molar-refractivity contribution in [3.8, 4) is 0 Å². The first kappa shape index (κ1) is 7.63. The fourth-order valence-electron chi connectivity index (χ4n) is 2.51. The Morgan fingerprint density at radius 2 is 2.00 bits per heavy atom. The number of carboxylic acids is 2. The molecule has 0 bridgehead atoms. The van der Waals surface area contributed by atoms with E-state index in [-0.39, 0.29) is 34.2 Å². The molecular formula is C21H29N3O4. The SMILES string of the molecule is [2H]OC(=O)C(N([2H])[C@@H](Cc1cncn1Cc1cc(C([2H])([2H])[2H])cc(C([2H])([2H])[2H])c1)C(=O)O[2H])C([2H])([2H])C([2H])(C([2H])([2H])[2H])C([2H])([2H])[2H]. The molecule has 0 aliphatic rings. The van der Waals surface area contributed by atoms with Gasteiger partial charge in [-0.2, -0.15) is 0 Å². The first-order valence-corrected chi connectivity index (χ1v) is 7.90. The number of aryl methyl sites for hydroxylation is 2. The Kier molecular flexibility index (Phi) is 2.59. The van der Waals surface area contributed by atoms with Crippen LogP contribution in [0, 0.1) is 19.6 Å². The topological polar surface area (TPSA) is 104 Å². The molecule has 7 heteroatoms. The first-order chi connectivity index (χ1) is 20.6. The molecular weight excluding hydrogens is 358 g/mol. The third kappa shape index (κ3) is 6.20. The summed E-state index contributed by atoms with van der Waals surface area (Å²) in [5.74, 6) is -7.83. The van der Waals surface area contributed by atoms with Crippen molar-refractivity contribution in [2.45, 2.75) is 58.8 Å². The van der Waals surface area contributed by atoms with E-state index in [1.807, 2.05) is 0 Å². The van der Waals surface area contributed by atoms with Crippen molar-refractivity contribution in [2.75, 3.05) is 0 Å². The standard InChI is InChI=1S/C21H29N3O4/c1-13(2)5-18(20(25)26)23-19(21(27)28)9-17-10-22-12-24(17)11-16-7-14(3)6-15(4)8-16/h6-8,10,12-13,18-19,23H,5,9,11H2,1-4H3,(H,25,26)(H,27,28)/t18?,19-/m0/s1/i1D3,2D3,3D3,4D3,5D2,13D/hD3. The second-order valence-corrected chi connectivity index (χ2v) is 5.86. The Morgan fingerprint density at radius 1 is 1.29 bits per heavy atom. The van der Waals surface area contributed by atoms with Gasteiger partial charge in [-0.1, -0.05) is 43.0 Å². The zero-order chi connectivity index (χ0) is 35.8. The third-order valence-corrected chi connectivity index (χ3v) is 3.65. The Hall–Kier alpha value is -2.67. The van der Waals surface area contributed by atoms with E-state index in [0.717, 1.165) is 18.6 Å². The normalized spacial score (nSPS) is 25.5. The summed E-state index contributed by atoms with van der Waals surface area (Å²) in [5, 5.41) is 7.46. The largest absolute Gasteiger partial charge is 0.480 e. The Morgan fingerprint density at radius 3 is 2.64 bits per heavy atom. The highest BCUT2D eigenvalue weighted by Gasteiger charge is 2.27. The molecule has 2 atom stereocenters. The average molecular weight is 406 g/mol. The number of rotatable bonds is 10. The van der Waals surface area contributed by atoms with Crippen LogP contribution in [-0.2, 0) is 22.6 Å². The molecule has 0 spiro atoms. The lowest BCUT2D eigenvalue weighted by Gasteiger charge is -2.22. The van der Waals surface area contributed by atoms with Gasteiger partial charge in [0, 0.05) is 45.4 Å². The second kappa shape index (κ2) is 9.50. The number of carboxylic acid groups (broad SMARTS) is 2. The molecule has 0 saturated heterocycles. The molecule has 0 fully saturated rings. The van der Waals surface area contributed by atoms with Crippen molar-refractivity contribution in [1.82, 2.24) is 14.9 Å². The lowest BCUT2D eigenvalue weighted by molar-refractivity contribution is -0.142. The number of hydrogen-bond donors (Lipinski definition) is 3. The van der Waals surface area contributed by atoms with Gasteiger partial charge >= 0.3 is 11.9 Å². The van der Waals surface area contributed by atoms with Crippen molar-refractivity contribution in [2.24, 2.45) is 5.89 Å². The van der Waals surface area contributed by atoms with Gasteiger partial charge in [0.2, 0.25) is 0 Å². The summed E-state index contributed by atoms with van der Waals surface area (Å²) in [6.45, 7) is -13.6. The van der Waals surface area contributed by atoms with E-state index in [2.05, 4.69) is 15.2 Å². The average Bonchev–Trinajstić information content (AvgIpc) is 3.34. The van der Waals surface area contributed by atoms with Gasteiger partial charge < -0.3 is 14.8 Å². The molecule has 7 nitrogen and oxygen atoms in total. The number of benzene rings is 1. The highest BCUT2D eigenvalue weighted by molar-refractivity contribution is 5.77. The lowest BCUT2D eigenvalue weighted by atomic mass is 10.0. The summed E-state index contributed by atoms with van der Waals surface area (Å²) >= 11 is 0. The van der Waals surface area contributed by atoms with Gasteiger partial charge in [-0.05, 0) is 31.5 Å². The van der Waals surface area contributed by atoms with Gasteiger partial charge in [0.1, 0.15) is 13.5 Å². The Bertz CT molecular complexity index is 1350. The zero-order valence-electron chi connectivity index (χ0n) is 32.4. The van der Waals surface area contributed by atoms with E-state index in [9.17, 15) is 9.59 Å². The predicted octanol–water partition coefficient (Wildman–Crippen LogP) is 2.63. The van der Waals surface area contributed by atoms with Crippen LogP contribution in [0.5, 0.6) is 0 Å². The van der Waals surface area contributed by atoms with E-state index < -0.39 is 70.1 Å². The van der Waals surface area contributed by atoms with E-state index in [4.69, 9.17) is 24.8 Å². The number of hydrogen-bond acceptors (Lipinski definition) is 6. The van der Waals surface area contributed by atoms with Gasteiger partial charge in [0.25, 0.3) is 2.86 Å². The number of nitrogens with zero attached hydrogens (tertiary/aromatic N) is 2. The van der Waals surface area contributed by atoms with Crippen molar-refractivity contribution >= 4 is 11.9 Å². The molecule has 0 aliphatic carbocycles. The highest BCUT2D eigenvalue weighted by atomic mass is 16.4. The molecule has 0 saturated carbocycles. The summed E-state index contributed by atoms with van der Waals surface area (Å²) in [6.07, 6.45) is -2.60. The van der Waals surface area contributed by atoms with Crippen LogP contribution in [0.1, 0.15) is 63.0 Å². The molecule has 152 valence electrons. The fourth-order valence-corrected chi connectivity index (χ4v) is 2.51.